The van der Waals surface area contributed by atoms with Gasteiger partial charge in [0.05, 0.1) is 5.56 Å². The van der Waals surface area contributed by atoms with Crippen molar-refractivity contribution >= 4 is 34.1 Å². The summed E-state index contributed by atoms with van der Waals surface area (Å²) in [5, 5.41) is 6.91. The van der Waals surface area contributed by atoms with Crippen LogP contribution in [0.1, 0.15) is 51.1 Å². The Labute approximate surface area is 164 Å². The van der Waals surface area contributed by atoms with Crippen LogP contribution < -0.4 is 16.6 Å². The fourth-order valence-corrected chi connectivity index (χ4v) is 4.36. The summed E-state index contributed by atoms with van der Waals surface area (Å²) in [5.74, 6) is -1.99. The molecule has 0 saturated carbocycles. The Kier molecular flexibility index (Phi) is 5.88. The molecule has 0 unspecified atom stereocenters. The number of rotatable bonds is 7. The van der Waals surface area contributed by atoms with Crippen molar-refractivity contribution in [3.05, 3.63) is 44.2 Å². The molecule has 2 aromatic heterocycles. The minimum atomic E-state index is -0.816. The largest absolute Gasteiger partial charge is 0.451 e. The number of nitrogens with two attached hydrogens (primary N) is 1. The molecule has 2 heterocycles. The van der Waals surface area contributed by atoms with Crippen molar-refractivity contribution in [3.63, 3.8) is 0 Å². The van der Waals surface area contributed by atoms with Crippen molar-refractivity contribution in [3.8, 4) is 0 Å². The molecule has 0 aliphatic heterocycles. The van der Waals surface area contributed by atoms with Gasteiger partial charge >= 0.3 is 5.97 Å². The van der Waals surface area contributed by atoms with E-state index in [2.05, 4.69) is 10.4 Å². The first kappa shape index (κ1) is 19.7. The minimum Gasteiger partial charge on any atom is -0.451 e. The SMILES string of the molecule is CCCn1nc(C(=O)OCC(=O)Nc2sc3c(c2C(N)=O)CCC3)ccc1=O. The predicted octanol–water partition coefficient (Wildman–Crippen LogP) is 1.10. The van der Waals surface area contributed by atoms with E-state index in [1.807, 2.05) is 6.92 Å². The molecule has 1 aliphatic rings. The van der Waals surface area contributed by atoms with E-state index in [1.165, 1.54) is 28.2 Å². The van der Waals surface area contributed by atoms with Crippen molar-refractivity contribution in [1.29, 1.82) is 0 Å². The summed E-state index contributed by atoms with van der Waals surface area (Å²) in [4.78, 5) is 48.7. The molecule has 1 aliphatic carbocycles. The van der Waals surface area contributed by atoms with Crippen molar-refractivity contribution in [2.45, 2.75) is 39.2 Å². The van der Waals surface area contributed by atoms with Gasteiger partial charge < -0.3 is 15.8 Å². The monoisotopic (exact) mass is 404 g/mol. The lowest BCUT2D eigenvalue weighted by atomic mass is 10.1. The topological polar surface area (TPSA) is 133 Å². The summed E-state index contributed by atoms with van der Waals surface area (Å²) in [5.41, 5.74) is 6.31. The van der Waals surface area contributed by atoms with Crippen LogP contribution in [0.4, 0.5) is 5.00 Å². The maximum Gasteiger partial charge on any atom is 0.359 e. The number of nitrogens with zero attached hydrogens (tertiary/aromatic N) is 2. The number of esters is 1. The lowest BCUT2D eigenvalue weighted by molar-refractivity contribution is -0.119. The first-order valence-electron chi connectivity index (χ1n) is 8.90. The molecule has 0 bridgehead atoms. The van der Waals surface area contributed by atoms with E-state index in [0.29, 0.717) is 23.5 Å². The summed E-state index contributed by atoms with van der Waals surface area (Å²) in [6.07, 6.45) is 3.25. The van der Waals surface area contributed by atoms with Crippen molar-refractivity contribution in [2.24, 2.45) is 5.73 Å². The Morgan fingerprint density at radius 3 is 2.82 bits per heavy atom. The summed E-state index contributed by atoms with van der Waals surface area (Å²) in [6.45, 7) is 1.71. The number of aromatic nitrogens is 2. The summed E-state index contributed by atoms with van der Waals surface area (Å²) in [6, 6.07) is 2.48. The maximum atomic E-state index is 12.2. The fourth-order valence-electron chi connectivity index (χ4n) is 3.05. The van der Waals surface area contributed by atoms with E-state index in [-0.39, 0.29) is 11.3 Å². The standard InChI is InChI=1S/C18H20N4O5S/c1-2-8-22-14(24)7-6-11(21-22)18(26)27-9-13(23)20-17-15(16(19)25)10-4-3-5-12(10)28-17/h6-7H,2-5,8-9H2,1H3,(H2,19,25)(H,20,23). The molecule has 3 rings (SSSR count). The van der Waals surface area contributed by atoms with Crippen LogP contribution in [0.2, 0.25) is 0 Å². The van der Waals surface area contributed by atoms with Crippen LogP contribution in [-0.4, -0.2) is 34.2 Å². The van der Waals surface area contributed by atoms with Crippen LogP contribution in [0, 0.1) is 0 Å². The second-order valence-corrected chi connectivity index (χ2v) is 7.44. The van der Waals surface area contributed by atoms with Gasteiger partial charge in [-0.2, -0.15) is 5.10 Å². The third-order valence-corrected chi connectivity index (χ3v) is 5.47. The minimum absolute atomic E-state index is 0.0613. The molecule has 0 aromatic carbocycles. The zero-order valence-corrected chi connectivity index (χ0v) is 16.1. The second-order valence-electron chi connectivity index (χ2n) is 6.33. The number of hydrogen-bond donors (Lipinski definition) is 2. The lowest BCUT2D eigenvalue weighted by Crippen LogP contribution is -2.26. The van der Waals surface area contributed by atoms with Gasteiger partial charge in [0.25, 0.3) is 17.4 Å². The Morgan fingerprint density at radius 1 is 1.32 bits per heavy atom. The molecule has 28 heavy (non-hydrogen) atoms. The lowest BCUT2D eigenvalue weighted by Gasteiger charge is -2.08. The van der Waals surface area contributed by atoms with E-state index < -0.39 is 24.4 Å². The third-order valence-electron chi connectivity index (χ3n) is 4.27. The number of nitrogens with one attached hydrogen (secondary N) is 1. The van der Waals surface area contributed by atoms with Crippen molar-refractivity contribution < 1.29 is 19.1 Å². The second kappa shape index (κ2) is 8.34. The van der Waals surface area contributed by atoms with Crippen molar-refractivity contribution in [2.75, 3.05) is 11.9 Å². The number of aryl methyl sites for hydroxylation is 2. The molecule has 10 heteroatoms. The van der Waals surface area contributed by atoms with Gasteiger partial charge in [-0.3, -0.25) is 14.4 Å². The Morgan fingerprint density at radius 2 is 2.11 bits per heavy atom. The van der Waals surface area contributed by atoms with E-state index >= 15 is 0 Å². The quantitative estimate of drug-likeness (QED) is 0.664. The molecule has 3 N–H and O–H groups in total. The molecule has 0 spiro atoms. The zero-order valence-electron chi connectivity index (χ0n) is 15.3. The highest BCUT2D eigenvalue weighted by molar-refractivity contribution is 7.17. The maximum absolute atomic E-state index is 12.2. The molecule has 0 radical (unpaired) electrons. The van der Waals surface area contributed by atoms with Crippen LogP contribution in [0.15, 0.2) is 16.9 Å². The van der Waals surface area contributed by atoms with Crippen LogP contribution >= 0.6 is 11.3 Å². The van der Waals surface area contributed by atoms with Gasteiger partial charge in [0.1, 0.15) is 5.00 Å². The first-order chi connectivity index (χ1) is 13.4. The number of carbonyl (C=O) groups excluding carboxylic acids is 3. The molecule has 2 amide bonds. The number of primary amides is 1. The third kappa shape index (κ3) is 4.11. The number of fused-ring (bicyclic) bond motifs is 1. The van der Waals surface area contributed by atoms with Crippen LogP contribution in [-0.2, 0) is 28.9 Å². The first-order valence-corrected chi connectivity index (χ1v) is 9.71. The number of amides is 2. The normalized spacial score (nSPS) is 12.5. The number of hydrogen-bond acceptors (Lipinski definition) is 7. The molecule has 0 atom stereocenters. The fraction of sp³-hybridized carbons (Fsp3) is 0.389. The number of thiophene rings is 1. The average molecular weight is 404 g/mol. The van der Waals surface area contributed by atoms with Gasteiger partial charge in [0.2, 0.25) is 0 Å². The smallest absolute Gasteiger partial charge is 0.359 e. The van der Waals surface area contributed by atoms with Gasteiger partial charge in [0.15, 0.2) is 12.3 Å². The van der Waals surface area contributed by atoms with E-state index in [1.54, 1.807) is 0 Å². The summed E-state index contributed by atoms with van der Waals surface area (Å²) >= 11 is 1.32. The average Bonchev–Trinajstić information content (AvgIpc) is 3.22. The molecule has 9 nitrogen and oxygen atoms in total. The Bertz CT molecular complexity index is 994. The molecular formula is C18H20N4O5S. The van der Waals surface area contributed by atoms with E-state index in [4.69, 9.17) is 10.5 Å². The van der Waals surface area contributed by atoms with E-state index in [9.17, 15) is 19.2 Å². The van der Waals surface area contributed by atoms with Gasteiger partial charge in [-0.25, -0.2) is 9.48 Å². The van der Waals surface area contributed by atoms with Crippen molar-refractivity contribution in [1.82, 2.24) is 9.78 Å². The van der Waals surface area contributed by atoms with Gasteiger partial charge in [0, 0.05) is 17.5 Å². The molecule has 0 fully saturated rings. The van der Waals surface area contributed by atoms with Gasteiger partial charge in [-0.1, -0.05) is 6.92 Å². The van der Waals surface area contributed by atoms with Crippen LogP contribution in [0.3, 0.4) is 0 Å². The highest BCUT2D eigenvalue weighted by Gasteiger charge is 2.26. The summed E-state index contributed by atoms with van der Waals surface area (Å²) in [7, 11) is 0. The van der Waals surface area contributed by atoms with Crippen LogP contribution in [0.5, 0.6) is 0 Å². The number of carbonyl (C=O) groups is 3. The molecule has 2 aromatic rings. The predicted molar refractivity (Wildman–Crippen MR) is 103 cm³/mol. The molecule has 0 saturated heterocycles. The zero-order chi connectivity index (χ0) is 20.3. The Hall–Kier alpha value is -3.01. The summed E-state index contributed by atoms with van der Waals surface area (Å²) < 4.78 is 6.14. The Balaban J connectivity index is 1.64. The highest BCUT2D eigenvalue weighted by Crippen LogP contribution is 2.38. The van der Waals surface area contributed by atoms with Crippen LogP contribution in [0.25, 0.3) is 0 Å². The highest BCUT2D eigenvalue weighted by atomic mass is 32.1. The van der Waals surface area contributed by atoms with Gasteiger partial charge in [-0.05, 0) is 37.3 Å². The van der Waals surface area contributed by atoms with E-state index in [0.717, 1.165) is 29.7 Å². The number of ether oxygens (including phenoxy) is 1. The molecule has 148 valence electrons. The number of anilines is 1. The molecular weight excluding hydrogens is 384 g/mol. The van der Waals surface area contributed by atoms with Gasteiger partial charge in [-0.15, -0.1) is 11.3 Å².